The van der Waals surface area contributed by atoms with Crippen LogP contribution in [0.5, 0.6) is 0 Å². The van der Waals surface area contributed by atoms with Gasteiger partial charge in [0.2, 0.25) is 5.16 Å². The molecule has 0 saturated carbocycles. The highest BCUT2D eigenvalue weighted by Gasteiger charge is 2.23. The van der Waals surface area contributed by atoms with E-state index in [1.165, 1.54) is 16.4 Å². The van der Waals surface area contributed by atoms with Gasteiger partial charge in [-0.15, -0.1) is 10.2 Å². The maximum Gasteiger partial charge on any atom is 0.297 e. The molecule has 1 heterocycles. The molecule has 0 N–H and O–H groups in total. The fraction of sp³-hybridized carbons (Fsp3) is 0.333. The van der Waals surface area contributed by atoms with E-state index in [0.717, 1.165) is 5.56 Å². The van der Waals surface area contributed by atoms with E-state index in [1.807, 2.05) is 39.2 Å². The van der Waals surface area contributed by atoms with Gasteiger partial charge in [0.05, 0.1) is 6.21 Å². The molecule has 0 fully saturated rings. The summed E-state index contributed by atoms with van der Waals surface area (Å²) in [5.74, 6) is 0. The summed E-state index contributed by atoms with van der Waals surface area (Å²) in [6.45, 7) is 5.76. The second-order valence-corrected chi connectivity index (χ2v) is 6.91. The topological polar surface area (TPSA) is 60.1 Å². The van der Waals surface area contributed by atoms with E-state index >= 15 is 0 Å². The van der Waals surface area contributed by atoms with Gasteiger partial charge in [-0.1, -0.05) is 56.3 Å². The average Bonchev–Trinajstić information content (AvgIpc) is 2.46. The van der Waals surface area contributed by atoms with E-state index in [2.05, 4.69) is 15.3 Å². The summed E-state index contributed by atoms with van der Waals surface area (Å²) in [4.78, 5) is 12.6. The zero-order valence-corrected chi connectivity index (χ0v) is 14.4. The maximum absolute atomic E-state index is 12.6. The highest BCUT2D eigenvalue weighted by atomic mass is 35.5. The molecular formula is C15H17ClN4OS. The van der Waals surface area contributed by atoms with Crippen molar-refractivity contribution in [1.82, 2.24) is 14.9 Å². The third-order valence-electron chi connectivity index (χ3n) is 2.90. The number of halogens is 1. The lowest BCUT2D eigenvalue weighted by atomic mass is 9.93. The molecule has 0 atom stereocenters. The first kappa shape index (κ1) is 16.7. The van der Waals surface area contributed by atoms with Gasteiger partial charge in [0.1, 0.15) is 5.69 Å². The molecule has 0 amide bonds. The molecule has 7 heteroatoms. The first-order valence-corrected chi connectivity index (χ1v) is 8.27. The lowest BCUT2D eigenvalue weighted by molar-refractivity contribution is 0.510. The van der Waals surface area contributed by atoms with Crippen LogP contribution in [-0.4, -0.2) is 27.3 Å². The number of rotatable bonds is 3. The first-order valence-electron chi connectivity index (χ1n) is 6.67. The highest BCUT2D eigenvalue weighted by Crippen LogP contribution is 2.17. The van der Waals surface area contributed by atoms with Crippen LogP contribution in [0.3, 0.4) is 0 Å². The molecule has 0 saturated heterocycles. The molecule has 1 aromatic carbocycles. The lowest BCUT2D eigenvalue weighted by Gasteiger charge is -2.16. The molecule has 2 rings (SSSR count). The summed E-state index contributed by atoms with van der Waals surface area (Å²) in [5, 5.41) is 13.5. The SMILES string of the molecule is CSc1nnc(C(C)(C)C)c(=O)n1N=Cc1ccc(Cl)cc1. The fourth-order valence-corrected chi connectivity index (χ4v) is 2.29. The Kier molecular flexibility index (Phi) is 5.03. The molecule has 0 unspecified atom stereocenters. The summed E-state index contributed by atoms with van der Waals surface area (Å²) >= 11 is 7.17. The average molecular weight is 337 g/mol. The van der Waals surface area contributed by atoms with Crippen molar-refractivity contribution in [3.05, 3.63) is 50.9 Å². The van der Waals surface area contributed by atoms with Crippen LogP contribution in [0.15, 0.2) is 39.3 Å². The van der Waals surface area contributed by atoms with E-state index in [4.69, 9.17) is 11.6 Å². The molecule has 0 aliphatic heterocycles. The Morgan fingerprint density at radius 2 is 1.86 bits per heavy atom. The van der Waals surface area contributed by atoms with E-state index < -0.39 is 5.41 Å². The molecule has 0 bridgehead atoms. The Hall–Kier alpha value is -1.66. The molecule has 116 valence electrons. The van der Waals surface area contributed by atoms with Crippen LogP contribution in [0.1, 0.15) is 32.0 Å². The standard InChI is InChI=1S/C15H17ClN4OS/c1-15(2,3)12-13(21)20(14(22-4)19-18-12)17-9-10-5-7-11(16)8-6-10/h5-9H,1-4H3. The van der Waals surface area contributed by atoms with Crippen LogP contribution in [-0.2, 0) is 5.41 Å². The molecule has 0 radical (unpaired) electrons. The molecule has 0 spiro atoms. The summed E-state index contributed by atoms with van der Waals surface area (Å²) in [5.41, 5.74) is 0.589. The normalized spacial score (nSPS) is 12.0. The molecular weight excluding hydrogens is 320 g/mol. The summed E-state index contributed by atoms with van der Waals surface area (Å²) in [6, 6.07) is 7.20. The van der Waals surface area contributed by atoms with Crippen molar-refractivity contribution in [2.75, 3.05) is 6.26 Å². The summed E-state index contributed by atoms with van der Waals surface area (Å²) < 4.78 is 1.28. The third kappa shape index (κ3) is 3.75. The number of aromatic nitrogens is 3. The number of hydrogen-bond acceptors (Lipinski definition) is 5. The predicted molar refractivity (Wildman–Crippen MR) is 91.2 cm³/mol. The molecule has 5 nitrogen and oxygen atoms in total. The van der Waals surface area contributed by atoms with Gasteiger partial charge in [0.25, 0.3) is 5.56 Å². The predicted octanol–water partition coefficient (Wildman–Crippen LogP) is 3.19. The van der Waals surface area contributed by atoms with E-state index in [0.29, 0.717) is 15.9 Å². The molecule has 2 aromatic rings. The van der Waals surface area contributed by atoms with Crippen molar-refractivity contribution >= 4 is 29.6 Å². The molecule has 22 heavy (non-hydrogen) atoms. The van der Waals surface area contributed by atoms with Crippen LogP contribution in [0.2, 0.25) is 5.02 Å². The lowest BCUT2D eigenvalue weighted by Crippen LogP contribution is -2.32. The first-order chi connectivity index (χ1) is 10.3. The van der Waals surface area contributed by atoms with Crippen LogP contribution in [0.25, 0.3) is 0 Å². The summed E-state index contributed by atoms with van der Waals surface area (Å²) in [6.07, 6.45) is 3.43. The molecule has 1 aromatic heterocycles. The van der Waals surface area contributed by atoms with Crippen molar-refractivity contribution < 1.29 is 0 Å². The van der Waals surface area contributed by atoms with E-state index in [-0.39, 0.29) is 5.56 Å². The van der Waals surface area contributed by atoms with Crippen molar-refractivity contribution in [2.45, 2.75) is 31.3 Å². The number of benzene rings is 1. The van der Waals surface area contributed by atoms with E-state index in [9.17, 15) is 4.79 Å². The van der Waals surface area contributed by atoms with Crippen LogP contribution >= 0.6 is 23.4 Å². The Balaban J connectivity index is 2.49. The van der Waals surface area contributed by atoms with Gasteiger partial charge in [-0.3, -0.25) is 4.79 Å². The minimum absolute atomic E-state index is 0.253. The van der Waals surface area contributed by atoms with Gasteiger partial charge in [0.15, 0.2) is 0 Å². The fourth-order valence-electron chi connectivity index (χ4n) is 1.74. The summed E-state index contributed by atoms with van der Waals surface area (Å²) in [7, 11) is 0. The minimum Gasteiger partial charge on any atom is -0.265 e. The van der Waals surface area contributed by atoms with Gasteiger partial charge in [-0.05, 0) is 24.0 Å². The zero-order valence-electron chi connectivity index (χ0n) is 12.9. The van der Waals surface area contributed by atoms with Gasteiger partial charge in [-0.2, -0.15) is 9.78 Å². The maximum atomic E-state index is 12.6. The Bertz CT molecular complexity index is 748. The van der Waals surface area contributed by atoms with Crippen molar-refractivity contribution in [3.8, 4) is 0 Å². The largest absolute Gasteiger partial charge is 0.297 e. The smallest absolute Gasteiger partial charge is 0.265 e. The van der Waals surface area contributed by atoms with Crippen molar-refractivity contribution in [3.63, 3.8) is 0 Å². The quantitative estimate of drug-likeness (QED) is 0.638. The van der Waals surface area contributed by atoms with Crippen LogP contribution in [0.4, 0.5) is 0 Å². The number of hydrogen-bond donors (Lipinski definition) is 0. The number of nitrogens with zero attached hydrogens (tertiary/aromatic N) is 4. The molecule has 0 aliphatic rings. The van der Waals surface area contributed by atoms with Crippen molar-refractivity contribution in [1.29, 1.82) is 0 Å². The van der Waals surface area contributed by atoms with Gasteiger partial charge < -0.3 is 0 Å². The Morgan fingerprint density at radius 3 is 2.41 bits per heavy atom. The number of thioether (sulfide) groups is 1. The Morgan fingerprint density at radius 1 is 1.23 bits per heavy atom. The van der Waals surface area contributed by atoms with Gasteiger partial charge in [-0.25, -0.2) is 0 Å². The second-order valence-electron chi connectivity index (χ2n) is 5.70. The Labute approximate surface area is 138 Å². The van der Waals surface area contributed by atoms with Crippen LogP contribution < -0.4 is 5.56 Å². The third-order valence-corrected chi connectivity index (χ3v) is 3.77. The second kappa shape index (κ2) is 6.62. The van der Waals surface area contributed by atoms with Gasteiger partial charge >= 0.3 is 0 Å². The van der Waals surface area contributed by atoms with Crippen molar-refractivity contribution in [2.24, 2.45) is 5.10 Å². The zero-order chi connectivity index (χ0) is 16.3. The monoisotopic (exact) mass is 336 g/mol. The molecule has 0 aliphatic carbocycles. The minimum atomic E-state index is -0.390. The van der Waals surface area contributed by atoms with E-state index in [1.54, 1.807) is 18.3 Å². The van der Waals surface area contributed by atoms with Crippen LogP contribution in [0, 0.1) is 0 Å². The van der Waals surface area contributed by atoms with Gasteiger partial charge in [0, 0.05) is 10.4 Å². The highest BCUT2D eigenvalue weighted by molar-refractivity contribution is 7.98.